The molecule has 2 aromatic carbocycles. The summed E-state index contributed by atoms with van der Waals surface area (Å²) in [5.41, 5.74) is 1.49. The van der Waals surface area contributed by atoms with Crippen molar-refractivity contribution < 1.29 is 14.1 Å². The fourth-order valence-electron chi connectivity index (χ4n) is 3.02. The Bertz CT molecular complexity index is 718. The number of anilines is 1. The molecule has 6 nitrogen and oxygen atoms in total. The van der Waals surface area contributed by atoms with Crippen LogP contribution in [-0.4, -0.2) is 42.7 Å². The van der Waals surface area contributed by atoms with E-state index in [0.29, 0.717) is 25.4 Å². The van der Waals surface area contributed by atoms with Gasteiger partial charge in [0, 0.05) is 25.7 Å². The summed E-state index contributed by atoms with van der Waals surface area (Å²) in [7, 11) is 0. The molecule has 0 radical (unpaired) electrons. The Kier molecular flexibility index (Phi) is 5.57. The van der Waals surface area contributed by atoms with Crippen molar-refractivity contribution in [2.45, 2.75) is 6.04 Å². The van der Waals surface area contributed by atoms with E-state index >= 15 is 0 Å². The molecule has 1 saturated heterocycles. The molecule has 25 heavy (non-hydrogen) atoms. The van der Waals surface area contributed by atoms with Gasteiger partial charge in [-0.15, -0.1) is 0 Å². The van der Waals surface area contributed by atoms with Crippen molar-refractivity contribution >= 4 is 11.4 Å². The summed E-state index contributed by atoms with van der Waals surface area (Å²) in [6, 6.07) is 12.9. The van der Waals surface area contributed by atoms with Gasteiger partial charge in [0.15, 0.2) is 0 Å². The van der Waals surface area contributed by atoms with Crippen LogP contribution >= 0.6 is 0 Å². The topological polar surface area (TPSA) is 67.6 Å². The number of nitrogens with zero attached hydrogens (tertiary/aromatic N) is 2. The van der Waals surface area contributed by atoms with E-state index in [9.17, 15) is 14.5 Å². The van der Waals surface area contributed by atoms with Crippen molar-refractivity contribution in [2.24, 2.45) is 0 Å². The lowest BCUT2D eigenvalue weighted by atomic mass is 10.0. The van der Waals surface area contributed by atoms with Gasteiger partial charge >= 0.3 is 0 Å². The summed E-state index contributed by atoms with van der Waals surface area (Å²) < 4.78 is 18.7. The van der Waals surface area contributed by atoms with Crippen LogP contribution in [0, 0.1) is 15.9 Å². The lowest BCUT2D eigenvalue weighted by molar-refractivity contribution is -0.384. The highest BCUT2D eigenvalue weighted by Gasteiger charge is 2.23. The molecule has 1 heterocycles. The number of nitrogens with one attached hydrogen (secondary N) is 1. The number of nitro groups is 1. The minimum absolute atomic E-state index is 0.0238. The molecule has 0 aromatic heterocycles. The molecule has 3 rings (SSSR count). The molecule has 1 atom stereocenters. The van der Waals surface area contributed by atoms with Crippen molar-refractivity contribution in [1.82, 2.24) is 4.90 Å². The van der Waals surface area contributed by atoms with E-state index in [1.807, 2.05) is 0 Å². The van der Waals surface area contributed by atoms with Crippen molar-refractivity contribution in [1.29, 1.82) is 0 Å². The normalized spacial score (nSPS) is 16.4. The van der Waals surface area contributed by atoms with Crippen LogP contribution in [0.15, 0.2) is 48.5 Å². The van der Waals surface area contributed by atoms with Gasteiger partial charge in [0.2, 0.25) is 0 Å². The largest absolute Gasteiger partial charge is 0.379 e. The second-order valence-electron chi connectivity index (χ2n) is 5.87. The van der Waals surface area contributed by atoms with E-state index < -0.39 is 4.92 Å². The first-order valence-electron chi connectivity index (χ1n) is 8.19. The molecule has 1 aliphatic rings. The minimum Gasteiger partial charge on any atom is -0.379 e. The number of ether oxygens (including phenoxy) is 1. The third-order valence-electron chi connectivity index (χ3n) is 4.33. The Hall–Kier alpha value is -2.51. The fourth-order valence-corrected chi connectivity index (χ4v) is 3.02. The number of halogens is 1. The van der Waals surface area contributed by atoms with Crippen LogP contribution in [0.1, 0.15) is 11.6 Å². The Balaban J connectivity index is 1.80. The second kappa shape index (κ2) is 8.04. The molecule has 0 bridgehead atoms. The van der Waals surface area contributed by atoms with Crippen LogP contribution in [0.4, 0.5) is 15.8 Å². The van der Waals surface area contributed by atoms with Crippen LogP contribution in [0.25, 0.3) is 0 Å². The van der Waals surface area contributed by atoms with E-state index in [4.69, 9.17) is 4.74 Å². The molecule has 1 N–H and O–H groups in total. The van der Waals surface area contributed by atoms with Gasteiger partial charge in [0.25, 0.3) is 5.69 Å². The highest BCUT2D eigenvalue weighted by atomic mass is 19.1. The maximum atomic E-state index is 13.3. The number of para-hydroxylation sites is 2. The van der Waals surface area contributed by atoms with Crippen LogP contribution in [0.2, 0.25) is 0 Å². The third kappa shape index (κ3) is 4.32. The molecule has 0 saturated carbocycles. The van der Waals surface area contributed by atoms with Gasteiger partial charge in [-0.05, 0) is 23.8 Å². The van der Waals surface area contributed by atoms with E-state index in [-0.39, 0.29) is 17.5 Å². The Morgan fingerprint density at radius 2 is 1.84 bits per heavy atom. The van der Waals surface area contributed by atoms with E-state index in [1.165, 1.54) is 18.2 Å². The van der Waals surface area contributed by atoms with E-state index in [0.717, 1.165) is 18.7 Å². The average molecular weight is 345 g/mol. The van der Waals surface area contributed by atoms with Gasteiger partial charge in [-0.25, -0.2) is 4.39 Å². The van der Waals surface area contributed by atoms with Gasteiger partial charge in [-0.1, -0.05) is 24.3 Å². The summed E-state index contributed by atoms with van der Waals surface area (Å²) in [6.45, 7) is 3.30. The third-order valence-corrected chi connectivity index (χ3v) is 4.33. The van der Waals surface area contributed by atoms with Crippen LogP contribution in [-0.2, 0) is 4.74 Å². The predicted molar refractivity (Wildman–Crippen MR) is 93.1 cm³/mol. The highest BCUT2D eigenvalue weighted by Crippen LogP contribution is 2.27. The minimum atomic E-state index is -0.399. The molecule has 1 fully saturated rings. The predicted octanol–water partition coefficient (Wildman–Crippen LogP) is 3.22. The lowest BCUT2D eigenvalue weighted by Gasteiger charge is -2.35. The maximum Gasteiger partial charge on any atom is 0.292 e. The van der Waals surface area contributed by atoms with Crippen LogP contribution in [0.3, 0.4) is 0 Å². The van der Waals surface area contributed by atoms with Gasteiger partial charge < -0.3 is 10.1 Å². The van der Waals surface area contributed by atoms with Gasteiger partial charge in [0.05, 0.1) is 24.2 Å². The molecule has 132 valence electrons. The SMILES string of the molecule is O=[N+]([O-])c1ccccc1NCC(c1ccc(F)cc1)N1CCOCC1. The quantitative estimate of drug-likeness (QED) is 0.643. The number of nitro benzene ring substituents is 1. The van der Waals surface area contributed by atoms with E-state index in [2.05, 4.69) is 10.2 Å². The van der Waals surface area contributed by atoms with Crippen molar-refractivity contribution in [3.8, 4) is 0 Å². The zero-order chi connectivity index (χ0) is 17.6. The first-order chi connectivity index (χ1) is 12.1. The Morgan fingerprint density at radius 3 is 2.52 bits per heavy atom. The van der Waals surface area contributed by atoms with Crippen molar-refractivity contribution in [3.05, 3.63) is 70.0 Å². The lowest BCUT2D eigenvalue weighted by Crippen LogP contribution is -2.41. The monoisotopic (exact) mass is 345 g/mol. The standard InChI is InChI=1S/C18H20FN3O3/c19-15-7-5-14(6-8-15)18(21-9-11-25-12-10-21)13-20-16-3-1-2-4-17(16)22(23)24/h1-8,18,20H,9-13H2. The number of hydrogen-bond acceptors (Lipinski definition) is 5. The molecule has 7 heteroatoms. The summed E-state index contributed by atoms with van der Waals surface area (Å²) in [5.74, 6) is -0.281. The summed E-state index contributed by atoms with van der Waals surface area (Å²) in [5, 5.41) is 14.4. The maximum absolute atomic E-state index is 13.3. The molecule has 2 aromatic rings. The second-order valence-corrected chi connectivity index (χ2v) is 5.87. The van der Waals surface area contributed by atoms with Crippen molar-refractivity contribution in [3.63, 3.8) is 0 Å². The molecule has 0 aliphatic carbocycles. The molecular formula is C18H20FN3O3. The zero-order valence-electron chi connectivity index (χ0n) is 13.7. The number of benzene rings is 2. The van der Waals surface area contributed by atoms with E-state index in [1.54, 1.807) is 30.3 Å². The number of hydrogen-bond donors (Lipinski definition) is 1. The highest BCUT2D eigenvalue weighted by molar-refractivity contribution is 5.61. The van der Waals surface area contributed by atoms with Gasteiger partial charge in [-0.2, -0.15) is 0 Å². The Labute approximate surface area is 145 Å². The molecule has 0 spiro atoms. The number of rotatable bonds is 6. The first kappa shape index (κ1) is 17.3. The summed E-state index contributed by atoms with van der Waals surface area (Å²) in [6.07, 6.45) is 0. The smallest absolute Gasteiger partial charge is 0.292 e. The average Bonchev–Trinajstić information content (AvgIpc) is 2.64. The molecule has 1 aliphatic heterocycles. The van der Waals surface area contributed by atoms with Crippen LogP contribution < -0.4 is 5.32 Å². The number of morpholine rings is 1. The van der Waals surface area contributed by atoms with Gasteiger partial charge in [0.1, 0.15) is 11.5 Å². The zero-order valence-corrected chi connectivity index (χ0v) is 13.7. The Morgan fingerprint density at radius 1 is 1.16 bits per heavy atom. The van der Waals surface area contributed by atoms with Crippen molar-refractivity contribution in [2.75, 3.05) is 38.2 Å². The fraction of sp³-hybridized carbons (Fsp3) is 0.333. The molecule has 0 amide bonds. The summed E-state index contributed by atoms with van der Waals surface area (Å²) in [4.78, 5) is 13.0. The molecular weight excluding hydrogens is 325 g/mol. The van der Waals surface area contributed by atoms with Gasteiger partial charge in [-0.3, -0.25) is 15.0 Å². The van der Waals surface area contributed by atoms with Crippen LogP contribution in [0.5, 0.6) is 0 Å². The molecule has 1 unspecified atom stereocenters. The first-order valence-corrected chi connectivity index (χ1v) is 8.19. The summed E-state index contributed by atoms with van der Waals surface area (Å²) >= 11 is 0.